The molecule has 0 aliphatic heterocycles. The molecule has 1 amide bonds. The summed E-state index contributed by atoms with van der Waals surface area (Å²) in [5.74, 6) is -0.0298. The number of nitrogens with one attached hydrogen (secondary N) is 1. The number of thioether (sulfide) groups is 1. The van der Waals surface area contributed by atoms with Crippen LogP contribution in [0.3, 0.4) is 0 Å². The lowest BCUT2D eigenvalue weighted by Crippen LogP contribution is -2.50. The normalized spacial score (nSPS) is 18.0. The second kappa shape index (κ2) is 7.40. The molecule has 1 aliphatic rings. The first-order valence-electron chi connectivity index (χ1n) is 8.35. The quantitative estimate of drug-likeness (QED) is 0.831. The highest BCUT2D eigenvalue weighted by Crippen LogP contribution is 2.32. The van der Waals surface area contributed by atoms with Gasteiger partial charge in [-0.15, -0.1) is 11.8 Å². The molecule has 1 atom stereocenters. The number of hydrogen-bond donors (Lipinski definition) is 1. The van der Waals surface area contributed by atoms with E-state index in [9.17, 15) is 10.1 Å². The molecule has 0 unspecified atom stereocenters. The number of aryl methyl sites for hydroxylation is 3. The third kappa shape index (κ3) is 4.29. The summed E-state index contributed by atoms with van der Waals surface area (Å²) in [4.78, 5) is 13.8. The summed E-state index contributed by atoms with van der Waals surface area (Å²) in [5, 5.41) is 12.3. The number of hydrogen-bond acceptors (Lipinski definition) is 3. The fourth-order valence-electron chi connectivity index (χ4n) is 3.34. The lowest BCUT2D eigenvalue weighted by atomic mass is 9.83. The number of benzene rings is 1. The van der Waals surface area contributed by atoms with E-state index < -0.39 is 5.54 Å². The highest BCUT2D eigenvalue weighted by atomic mass is 32.2. The molecule has 0 radical (unpaired) electrons. The second-order valence-electron chi connectivity index (χ2n) is 6.73. The van der Waals surface area contributed by atoms with Gasteiger partial charge in [0.15, 0.2) is 0 Å². The molecule has 1 saturated carbocycles. The summed E-state index contributed by atoms with van der Waals surface area (Å²) in [6.07, 6.45) is 4.74. The highest BCUT2D eigenvalue weighted by molar-refractivity contribution is 8.00. The van der Waals surface area contributed by atoms with Gasteiger partial charge in [0.25, 0.3) is 0 Å². The average molecular weight is 330 g/mol. The number of carbonyl (C=O) groups excluding carboxylic acids is 1. The number of amides is 1. The van der Waals surface area contributed by atoms with Crippen molar-refractivity contribution in [2.24, 2.45) is 0 Å². The molecule has 0 bridgehead atoms. The Balaban J connectivity index is 2.07. The predicted octanol–water partition coefficient (Wildman–Crippen LogP) is 4.44. The number of carbonyl (C=O) groups is 1. The van der Waals surface area contributed by atoms with Gasteiger partial charge in [-0.2, -0.15) is 5.26 Å². The van der Waals surface area contributed by atoms with E-state index in [0.29, 0.717) is 0 Å². The zero-order valence-corrected chi connectivity index (χ0v) is 15.3. The Bertz CT molecular complexity index is 604. The summed E-state index contributed by atoms with van der Waals surface area (Å²) in [6.45, 7) is 8.19. The Labute approximate surface area is 143 Å². The molecule has 0 aromatic heterocycles. The number of nitrogens with zero attached hydrogens (tertiary/aromatic N) is 1. The van der Waals surface area contributed by atoms with Gasteiger partial charge in [-0.3, -0.25) is 4.79 Å². The van der Waals surface area contributed by atoms with Crippen LogP contribution in [0, 0.1) is 32.1 Å². The van der Waals surface area contributed by atoms with Crippen LogP contribution in [0.25, 0.3) is 0 Å². The van der Waals surface area contributed by atoms with E-state index in [-0.39, 0.29) is 11.2 Å². The number of nitriles is 1. The molecule has 124 valence electrons. The smallest absolute Gasteiger partial charge is 0.234 e. The molecule has 3 nitrogen and oxygen atoms in total. The van der Waals surface area contributed by atoms with E-state index in [1.54, 1.807) is 11.8 Å². The molecule has 1 fully saturated rings. The summed E-state index contributed by atoms with van der Waals surface area (Å²) in [6, 6.07) is 6.66. The van der Waals surface area contributed by atoms with Crippen molar-refractivity contribution in [3.05, 3.63) is 28.8 Å². The first kappa shape index (κ1) is 17.9. The van der Waals surface area contributed by atoms with Crippen molar-refractivity contribution in [1.29, 1.82) is 5.26 Å². The fourth-order valence-corrected chi connectivity index (χ4v) is 4.35. The Morgan fingerprint density at radius 3 is 2.30 bits per heavy atom. The molecule has 0 heterocycles. The van der Waals surface area contributed by atoms with E-state index in [0.717, 1.165) is 32.1 Å². The lowest BCUT2D eigenvalue weighted by molar-refractivity contribution is -0.121. The second-order valence-corrected chi connectivity index (χ2v) is 8.08. The van der Waals surface area contributed by atoms with Gasteiger partial charge in [-0.25, -0.2) is 0 Å². The van der Waals surface area contributed by atoms with Gasteiger partial charge in [0, 0.05) is 4.90 Å². The zero-order valence-electron chi connectivity index (χ0n) is 14.5. The molecule has 1 N–H and O–H groups in total. The summed E-state index contributed by atoms with van der Waals surface area (Å²) in [7, 11) is 0. The van der Waals surface area contributed by atoms with Crippen molar-refractivity contribution in [3.8, 4) is 6.07 Å². The van der Waals surface area contributed by atoms with Crippen LogP contribution in [0.15, 0.2) is 17.0 Å². The third-order valence-corrected chi connectivity index (χ3v) is 6.00. The average Bonchev–Trinajstić information content (AvgIpc) is 2.51. The van der Waals surface area contributed by atoms with E-state index in [1.807, 2.05) is 6.92 Å². The van der Waals surface area contributed by atoms with Gasteiger partial charge in [-0.1, -0.05) is 37.0 Å². The Hall–Kier alpha value is -1.47. The molecule has 1 aliphatic carbocycles. The summed E-state index contributed by atoms with van der Waals surface area (Å²) < 4.78 is 0. The van der Waals surface area contributed by atoms with E-state index in [1.165, 1.54) is 21.6 Å². The van der Waals surface area contributed by atoms with Crippen LogP contribution < -0.4 is 5.32 Å². The van der Waals surface area contributed by atoms with Gasteiger partial charge >= 0.3 is 0 Å². The Kier molecular flexibility index (Phi) is 5.75. The highest BCUT2D eigenvalue weighted by Gasteiger charge is 2.34. The van der Waals surface area contributed by atoms with E-state index in [2.05, 4.69) is 44.3 Å². The van der Waals surface area contributed by atoms with Gasteiger partial charge < -0.3 is 5.32 Å². The molecule has 23 heavy (non-hydrogen) atoms. The Morgan fingerprint density at radius 2 is 1.78 bits per heavy atom. The summed E-state index contributed by atoms with van der Waals surface area (Å²) >= 11 is 1.59. The first-order valence-corrected chi connectivity index (χ1v) is 9.23. The van der Waals surface area contributed by atoms with Crippen LogP contribution >= 0.6 is 11.8 Å². The molecule has 1 aromatic rings. The van der Waals surface area contributed by atoms with Crippen LogP contribution in [0.4, 0.5) is 0 Å². The van der Waals surface area contributed by atoms with Crippen molar-refractivity contribution in [2.45, 2.75) is 75.5 Å². The van der Waals surface area contributed by atoms with Crippen LogP contribution in [0.1, 0.15) is 55.7 Å². The van der Waals surface area contributed by atoms with Gasteiger partial charge in [0.2, 0.25) is 5.91 Å². The molecule has 0 saturated heterocycles. The molecule has 4 heteroatoms. The minimum Gasteiger partial charge on any atom is -0.337 e. The predicted molar refractivity (Wildman–Crippen MR) is 95.5 cm³/mol. The molecule has 0 spiro atoms. The maximum atomic E-state index is 12.6. The first-order chi connectivity index (χ1) is 10.9. The molecular weight excluding hydrogens is 304 g/mol. The van der Waals surface area contributed by atoms with Gasteiger partial charge in [0.1, 0.15) is 5.54 Å². The van der Waals surface area contributed by atoms with Crippen molar-refractivity contribution in [2.75, 3.05) is 0 Å². The van der Waals surface area contributed by atoms with Crippen LogP contribution in [-0.4, -0.2) is 16.7 Å². The zero-order chi connectivity index (χ0) is 17.0. The van der Waals surface area contributed by atoms with Crippen LogP contribution in [0.5, 0.6) is 0 Å². The largest absolute Gasteiger partial charge is 0.337 e. The minimum atomic E-state index is -0.651. The lowest BCUT2D eigenvalue weighted by Gasteiger charge is -2.32. The van der Waals surface area contributed by atoms with Gasteiger partial charge in [0.05, 0.1) is 11.3 Å². The minimum absolute atomic E-state index is 0.0298. The fraction of sp³-hybridized carbons (Fsp3) is 0.579. The van der Waals surface area contributed by atoms with Crippen LogP contribution in [0.2, 0.25) is 0 Å². The maximum Gasteiger partial charge on any atom is 0.234 e. The molecule has 1 aromatic carbocycles. The van der Waals surface area contributed by atoms with E-state index in [4.69, 9.17) is 0 Å². The SMILES string of the molecule is Cc1cc(C)c(S[C@@H](C)C(=O)NC2(C#N)CCCCC2)c(C)c1. The summed E-state index contributed by atoms with van der Waals surface area (Å²) in [5.41, 5.74) is 3.01. The van der Waals surface area contributed by atoms with Crippen molar-refractivity contribution in [1.82, 2.24) is 5.32 Å². The molecular formula is C19H26N2OS. The molecule has 2 rings (SSSR count). The van der Waals surface area contributed by atoms with Gasteiger partial charge in [-0.05, 0) is 51.7 Å². The maximum absolute atomic E-state index is 12.6. The van der Waals surface area contributed by atoms with Crippen molar-refractivity contribution >= 4 is 17.7 Å². The van der Waals surface area contributed by atoms with Crippen molar-refractivity contribution < 1.29 is 4.79 Å². The third-order valence-electron chi connectivity index (χ3n) is 4.55. The monoisotopic (exact) mass is 330 g/mol. The number of rotatable bonds is 4. The van der Waals surface area contributed by atoms with E-state index >= 15 is 0 Å². The van der Waals surface area contributed by atoms with Crippen LogP contribution in [-0.2, 0) is 4.79 Å². The topological polar surface area (TPSA) is 52.9 Å². The van der Waals surface area contributed by atoms with Crippen molar-refractivity contribution in [3.63, 3.8) is 0 Å². The standard InChI is InChI=1S/C19H26N2OS/c1-13-10-14(2)17(15(3)11-13)23-16(4)18(22)21-19(12-20)8-6-5-7-9-19/h10-11,16H,5-9H2,1-4H3,(H,21,22)/t16-/m0/s1. The Morgan fingerprint density at radius 1 is 1.22 bits per heavy atom.